The summed E-state index contributed by atoms with van der Waals surface area (Å²) in [6.45, 7) is 4.00. The van der Waals surface area contributed by atoms with Crippen LogP contribution in [0, 0.1) is 0 Å². The van der Waals surface area contributed by atoms with E-state index in [-0.39, 0.29) is 21.1 Å². The van der Waals surface area contributed by atoms with E-state index in [1.54, 1.807) is 0 Å². The van der Waals surface area contributed by atoms with Crippen LogP contribution in [0.15, 0.2) is 0 Å². The number of alkyl halides is 18. The second-order valence-electron chi connectivity index (χ2n) is 4.71. The minimum absolute atomic E-state index is 0. The third-order valence-corrected chi connectivity index (χ3v) is 1.39. The molecule has 0 aromatic carbocycles. The third-order valence-electron chi connectivity index (χ3n) is 1.39. The summed E-state index contributed by atoms with van der Waals surface area (Å²) >= 11 is 0. The molecule has 0 saturated carbocycles. The van der Waals surface area contributed by atoms with Gasteiger partial charge in [-0.15, -0.1) is 0 Å². The van der Waals surface area contributed by atoms with Gasteiger partial charge in [0.25, 0.3) is 0 Å². The van der Waals surface area contributed by atoms with Gasteiger partial charge in [-0.25, -0.2) is 0 Å². The van der Waals surface area contributed by atoms with Gasteiger partial charge in [0.05, 0.1) is 0 Å². The van der Waals surface area contributed by atoms with Crippen LogP contribution in [0.2, 0.25) is 0 Å². The van der Waals surface area contributed by atoms with Crippen molar-refractivity contribution < 1.29 is 169 Å². The number of carbonyl (C=O) groups excluding carboxylic acids is 8. The predicted octanol–water partition coefficient (Wildman–Crippen LogP) is -4.58. The van der Waals surface area contributed by atoms with E-state index in [9.17, 15) is 79.0 Å². The second kappa shape index (κ2) is 27.9. The Balaban J connectivity index is -0.0000000513. The maximum Gasteiger partial charge on any atom is 0.430 e. The van der Waals surface area contributed by atoms with E-state index in [1.807, 2.05) is 13.6 Å². The van der Waals surface area contributed by atoms with Crippen LogP contribution < -0.4 is 30.6 Å². The number of carboxylic acid groups (broad SMARTS) is 6. The van der Waals surface area contributed by atoms with Gasteiger partial charge in [-0.1, -0.05) is 0 Å². The Morgan fingerprint density at radius 1 is 0.277 bits per heavy atom. The molecule has 0 aliphatic heterocycles. The van der Waals surface area contributed by atoms with Crippen molar-refractivity contribution in [2.75, 3.05) is 0 Å². The molecule has 47 heavy (non-hydrogen) atoms. The van der Waals surface area contributed by atoms with E-state index >= 15 is 0 Å². The molecule has 14 nitrogen and oxygen atoms in total. The Morgan fingerprint density at radius 3 is 0.298 bits per heavy atom. The van der Waals surface area contributed by atoms with E-state index in [2.05, 4.69) is 0 Å². The average molecular weight is 834 g/mol. The van der Waals surface area contributed by atoms with Crippen LogP contribution in [0.5, 0.6) is 0 Å². The molecule has 282 valence electrons. The summed E-state index contributed by atoms with van der Waals surface area (Å²) in [6.07, 6.45) is -31.2. The van der Waals surface area contributed by atoms with Gasteiger partial charge in [-0.05, 0) is 0 Å². The first-order valence-electron chi connectivity index (χ1n) is 7.93. The molecule has 0 amide bonds. The van der Waals surface area contributed by atoms with E-state index < -0.39 is 72.9 Å². The van der Waals surface area contributed by atoms with Crippen molar-refractivity contribution in [1.29, 1.82) is 0 Å². The van der Waals surface area contributed by atoms with Gasteiger partial charge in [0, 0.05) is 21.1 Å². The normalized spacial score (nSPS) is 10.3. The van der Waals surface area contributed by atoms with Crippen molar-refractivity contribution in [3.63, 3.8) is 0 Å². The summed E-state index contributed by atoms with van der Waals surface area (Å²) in [4.78, 5) is 68.7. The summed E-state index contributed by atoms with van der Waals surface area (Å²) < 4.78 is 189. The topological polar surface area (TPSA) is 275 Å². The molecule has 0 N–H and O–H groups in total. The first kappa shape index (κ1) is 65.3. The Labute approximate surface area is 256 Å². The number of carboxylic acids is 6. The molecular weight excluding hydrogens is 830 g/mol. The van der Waals surface area contributed by atoms with Crippen LogP contribution in [-0.4, -0.2) is 86.5 Å². The standard InChI is InChI=1S/6C2HF3O2.2CH2O.Mo/c6*3-2(4,5)1(6)7;2*1-2;/h6*(H,6,7);2*1H2;/p-6. The van der Waals surface area contributed by atoms with E-state index in [4.69, 9.17) is 69.0 Å². The predicted molar refractivity (Wildman–Crippen MR) is 80.6 cm³/mol. The molecule has 0 fully saturated rings. The molecule has 0 rings (SSSR count). The zero-order valence-corrected chi connectivity index (χ0v) is 22.3. The molecular formula is C14H4F18MoO14-6. The molecule has 0 atom stereocenters. The SMILES string of the molecule is C=O.C=O.O=C([O-])C(F)(F)F.O=C([O-])C(F)(F)F.O=C([O-])C(F)(F)F.O=C([O-])C(F)(F)F.O=C([O-])C(F)(F)F.O=C([O-])C(F)(F)F.[Mo]. The third kappa shape index (κ3) is 65.3. The maximum absolute atomic E-state index is 10.5. The van der Waals surface area contributed by atoms with Gasteiger partial charge in [0.2, 0.25) is 0 Å². The molecule has 0 radical (unpaired) electrons. The second-order valence-corrected chi connectivity index (χ2v) is 4.71. The van der Waals surface area contributed by atoms with Gasteiger partial charge in [-0.3, -0.25) is 0 Å². The van der Waals surface area contributed by atoms with E-state index in [0.717, 1.165) is 0 Å². The Hall–Kier alpha value is -4.41. The van der Waals surface area contributed by atoms with Gasteiger partial charge in [0.1, 0.15) is 49.4 Å². The molecule has 0 aliphatic carbocycles. The fraction of sp³-hybridized carbons (Fsp3) is 0.429. The first-order valence-corrected chi connectivity index (χ1v) is 7.93. The van der Waals surface area contributed by atoms with E-state index in [1.165, 1.54) is 0 Å². The molecule has 0 aromatic rings. The Morgan fingerprint density at radius 2 is 0.298 bits per heavy atom. The summed E-state index contributed by atoms with van der Waals surface area (Å²) in [5, 5.41) is 52.7. The zero-order valence-electron chi connectivity index (χ0n) is 20.3. The number of hydrogen-bond acceptors (Lipinski definition) is 14. The number of carbonyl (C=O) groups is 8. The Kier molecular flexibility index (Phi) is 38.7. The molecule has 0 saturated heterocycles. The van der Waals surface area contributed by atoms with Crippen LogP contribution >= 0.6 is 0 Å². The maximum atomic E-state index is 10.5. The fourth-order valence-electron chi connectivity index (χ4n) is 0. The molecule has 0 spiro atoms. The molecule has 0 heterocycles. The van der Waals surface area contributed by atoms with Crippen molar-refractivity contribution in [1.82, 2.24) is 0 Å². The van der Waals surface area contributed by atoms with Crippen LogP contribution in [0.4, 0.5) is 79.0 Å². The molecule has 0 unspecified atom stereocenters. The minimum Gasteiger partial charge on any atom is -0.542 e. The van der Waals surface area contributed by atoms with Gasteiger partial charge in [0.15, 0.2) is 0 Å². The van der Waals surface area contributed by atoms with Crippen LogP contribution in [0.3, 0.4) is 0 Å². The molecule has 0 aromatic heterocycles. The summed E-state index contributed by atoms with van der Waals surface area (Å²) in [6, 6.07) is 0. The molecule has 33 heteroatoms. The number of rotatable bonds is 0. The van der Waals surface area contributed by atoms with Crippen LogP contribution in [0.25, 0.3) is 0 Å². The first-order chi connectivity index (χ1) is 19.7. The minimum atomic E-state index is -5.19. The largest absolute Gasteiger partial charge is 0.542 e. The average Bonchev–Trinajstić information content (AvgIpc) is 2.80. The summed E-state index contributed by atoms with van der Waals surface area (Å²) in [5.74, 6) is -18.0. The molecule has 0 bridgehead atoms. The van der Waals surface area contributed by atoms with Crippen molar-refractivity contribution in [3.05, 3.63) is 0 Å². The van der Waals surface area contributed by atoms with Crippen LogP contribution in [0.1, 0.15) is 0 Å². The van der Waals surface area contributed by atoms with Crippen molar-refractivity contribution in [2.24, 2.45) is 0 Å². The zero-order chi connectivity index (χ0) is 40.5. The van der Waals surface area contributed by atoms with E-state index in [0.29, 0.717) is 0 Å². The summed E-state index contributed by atoms with van der Waals surface area (Å²) in [7, 11) is 0. The van der Waals surface area contributed by atoms with Crippen LogP contribution in [-0.2, 0) is 59.4 Å². The Bertz CT molecular complexity index is 729. The van der Waals surface area contributed by atoms with Crippen molar-refractivity contribution in [3.8, 4) is 0 Å². The van der Waals surface area contributed by atoms with Gasteiger partial charge in [-0.2, -0.15) is 79.0 Å². The number of aliphatic carboxylic acids is 6. The van der Waals surface area contributed by atoms with Crippen molar-refractivity contribution in [2.45, 2.75) is 37.1 Å². The quantitative estimate of drug-likeness (QED) is 0.164. The number of hydrogen-bond donors (Lipinski definition) is 0. The fourth-order valence-corrected chi connectivity index (χ4v) is 0. The smallest absolute Gasteiger partial charge is 0.430 e. The monoisotopic (exact) mass is 836 g/mol. The van der Waals surface area contributed by atoms with Gasteiger partial charge >= 0.3 is 37.1 Å². The summed E-state index contributed by atoms with van der Waals surface area (Å²) in [5.41, 5.74) is 0. The number of halogens is 18. The molecule has 0 aliphatic rings. The van der Waals surface area contributed by atoms with Crippen molar-refractivity contribution >= 4 is 49.4 Å². The van der Waals surface area contributed by atoms with Gasteiger partial charge < -0.3 is 69.0 Å².